The number of hydrogen-bond donors (Lipinski definition) is 1. The van der Waals surface area contributed by atoms with Gasteiger partial charge in [0.2, 0.25) is 5.91 Å². The normalized spacial score (nSPS) is 12.0. The number of carbonyl (C=O) groups is 1. The van der Waals surface area contributed by atoms with E-state index < -0.39 is 5.56 Å². The molecule has 0 radical (unpaired) electrons. The fraction of sp³-hybridized carbons (Fsp3) is 0.217. The lowest BCUT2D eigenvalue weighted by atomic mass is 10.1. The molecule has 0 spiro atoms. The highest BCUT2D eigenvalue weighted by Gasteiger charge is 2.14. The molecular weight excluding hydrogens is 413 g/mol. The number of carbonyl (C=O) groups excluding carboxylic acids is 1. The van der Waals surface area contributed by atoms with E-state index in [9.17, 15) is 14.0 Å². The van der Waals surface area contributed by atoms with Crippen LogP contribution >= 0.6 is 0 Å². The summed E-state index contributed by atoms with van der Waals surface area (Å²) in [5, 5.41) is 11.3. The van der Waals surface area contributed by atoms with Gasteiger partial charge in [-0.2, -0.15) is 10.2 Å². The third-order valence-corrected chi connectivity index (χ3v) is 4.99. The fourth-order valence-corrected chi connectivity index (χ4v) is 3.34. The van der Waals surface area contributed by atoms with Crippen molar-refractivity contribution in [1.29, 1.82) is 0 Å². The van der Waals surface area contributed by atoms with E-state index in [0.29, 0.717) is 17.8 Å². The maximum Gasteiger partial charge on any atom is 0.293 e. The summed E-state index contributed by atoms with van der Waals surface area (Å²) < 4.78 is 21.0. The Bertz CT molecular complexity index is 1300. The third-order valence-electron chi connectivity index (χ3n) is 4.99. The first-order valence-electron chi connectivity index (χ1n) is 10.2. The second-order valence-corrected chi connectivity index (χ2v) is 7.25. The Hall–Kier alpha value is -4.01. The summed E-state index contributed by atoms with van der Waals surface area (Å²) >= 11 is 0. The van der Waals surface area contributed by atoms with Gasteiger partial charge in [-0.25, -0.2) is 13.6 Å². The van der Waals surface area contributed by atoms with Crippen LogP contribution in [0.25, 0.3) is 16.8 Å². The van der Waals surface area contributed by atoms with Crippen molar-refractivity contribution in [2.45, 2.75) is 26.4 Å². The molecule has 2 aromatic carbocycles. The number of rotatable bonds is 7. The van der Waals surface area contributed by atoms with E-state index in [2.05, 4.69) is 15.5 Å². The number of ether oxygens (including phenoxy) is 1. The second kappa shape index (κ2) is 9.01. The van der Waals surface area contributed by atoms with Gasteiger partial charge in [0.1, 0.15) is 30.0 Å². The minimum Gasteiger partial charge on any atom is -0.494 e. The predicted molar refractivity (Wildman–Crippen MR) is 117 cm³/mol. The number of amides is 1. The summed E-state index contributed by atoms with van der Waals surface area (Å²) in [7, 11) is 0. The van der Waals surface area contributed by atoms with Crippen molar-refractivity contribution in [3.63, 3.8) is 0 Å². The van der Waals surface area contributed by atoms with E-state index in [1.165, 1.54) is 23.0 Å². The number of benzene rings is 2. The molecule has 4 rings (SSSR count). The zero-order valence-corrected chi connectivity index (χ0v) is 17.7. The van der Waals surface area contributed by atoms with Crippen LogP contribution in [0.4, 0.5) is 4.39 Å². The van der Waals surface area contributed by atoms with Crippen LogP contribution in [-0.4, -0.2) is 31.9 Å². The maximum absolute atomic E-state index is 13.1. The molecule has 4 aromatic rings. The van der Waals surface area contributed by atoms with Crippen molar-refractivity contribution < 1.29 is 13.9 Å². The number of halogens is 1. The first kappa shape index (κ1) is 21.2. The number of nitrogens with one attached hydrogen (secondary N) is 1. The summed E-state index contributed by atoms with van der Waals surface area (Å²) in [4.78, 5) is 25.3. The molecule has 9 heteroatoms. The van der Waals surface area contributed by atoms with Gasteiger partial charge in [-0.1, -0.05) is 12.1 Å². The minimum atomic E-state index is -0.429. The first-order chi connectivity index (χ1) is 15.4. The molecule has 1 atom stereocenters. The predicted octanol–water partition coefficient (Wildman–Crippen LogP) is 2.97. The molecule has 0 fully saturated rings. The molecule has 2 aromatic heterocycles. The Labute approximate surface area is 183 Å². The fourth-order valence-electron chi connectivity index (χ4n) is 3.34. The number of nitrogens with zero attached hydrogens (tertiary/aromatic N) is 4. The molecule has 0 aliphatic heterocycles. The Kier molecular flexibility index (Phi) is 5.98. The van der Waals surface area contributed by atoms with Gasteiger partial charge in [-0.15, -0.1) is 0 Å². The van der Waals surface area contributed by atoms with Crippen LogP contribution in [0.2, 0.25) is 0 Å². The molecule has 1 N–H and O–H groups in total. The quantitative estimate of drug-likeness (QED) is 0.482. The Morgan fingerprint density at radius 1 is 1.16 bits per heavy atom. The smallest absolute Gasteiger partial charge is 0.293 e. The van der Waals surface area contributed by atoms with Crippen molar-refractivity contribution in [3.8, 4) is 17.0 Å². The Morgan fingerprint density at radius 3 is 2.56 bits per heavy atom. The molecule has 8 nitrogen and oxygen atoms in total. The van der Waals surface area contributed by atoms with E-state index in [0.717, 1.165) is 21.6 Å². The molecular formula is C23H22FN5O3. The van der Waals surface area contributed by atoms with Gasteiger partial charge in [-0.3, -0.25) is 9.59 Å². The van der Waals surface area contributed by atoms with E-state index in [-0.39, 0.29) is 24.3 Å². The Morgan fingerprint density at radius 2 is 1.88 bits per heavy atom. The minimum absolute atomic E-state index is 0.246. The van der Waals surface area contributed by atoms with Crippen molar-refractivity contribution >= 4 is 11.4 Å². The van der Waals surface area contributed by atoms with Crippen LogP contribution in [0, 0.1) is 5.82 Å². The molecule has 0 saturated carbocycles. The monoisotopic (exact) mass is 435 g/mol. The largest absolute Gasteiger partial charge is 0.494 e. The van der Waals surface area contributed by atoms with Crippen LogP contribution in [0.3, 0.4) is 0 Å². The lowest BCUT2D eigenvalue weighted by Gasteiger charge is -2.14. The van der Waals surface area contributed by atoms with E-state index in [1.807, 2.05) is 31.2 Å². The van der Waals surface area contributed by atoms with Crippen LogP contribution in [0.5, 0.6) is 5.75 Å². The van der Waals surface area contributed by atoms with Crippen molar-refractivity contribution in [1.82, 2.24) is 24.7 Å². The SMILES string of the molecule is CCOc1ccc(-c2cc3c(=O)n(CC(=O)N[C@H](C)c4ccc(F)cc4)ncn3n2)cc1. The third kappa shape index (κ3) is 4.51. The number of hydrogen-bond acceptors (Lipinski definition) is 5. The summed E-state index contributed by atoms with van der Waals surface area (Å²) in [5.41, 5.74) is 2.07. The van der Waals surface area contributed by atoms with Gasteiger partial charge in [0.15, 0.2) is 0 Å². The van der Waals surface area contributed by atoms with Gasteiger partial charge in [0.25, 0.3) is 5.56 Å². The highest BCUT2D eigenvalue weighted by molar-refractivity contribution is 5.76. The zero-order chi connectivity index (χ0) is 22.7. The zero-order valence-electron chi connectivity index (χ0n) is 17.7. The van der Waals surface area contributed by atoms with Crippen LogP contribution in [0.15, 0.2) is 65.7 Å². The summed E-state index contributed by atoms with van der Waals surface area (Å²) in [5.74, 6) is 0.0266. The van der Waals surface area contributed by atoms with E-state index in [4.69, 9.17) is 4.74 Å². The molecule has 0 unspecified atom stereocenters. The highest BCUT2D eigenvalue weighted by Crippen LogP contribution is 2.21. The molecule has 0 aliphatic carbocycles. The topological polar surface area (TPSA) is 90.5 Å². The van der Waals surface area contributed by atoms with Crippen LogP contribution < -0.4 is 15.6 Å². The molecule has 164 valence electrons. The standard InChI is InChI=1S/C23H22FN5O3/c1-3-32-19-10-6-17(7-11-19)20-12-21-23(31)28(25-14-29(21)27-20)13-22(30)26-15(2)16-4-8-18(24)9-5-16/h4-12,14-15H,3,13H2,1-2H3,(H,26,30)/t15-/m1/s1. The van der Waals surface area contributed by atoms with Gasteiger partial charge in [-0.05, 0) is 61.9 Å². The van der Waals surface area contributed by atoms with Crippen molar-refractivity contribution in [2.75, 3.05) is 6.61 Å². The van der Waals surface area contributed by atoms with E-state index in [1.54, 1.807) is 25.1 Å². The van der Waals surface area contributed by atoms with Crippen LogP contribution in [0.1, 0.15) is 25.5 Å². The highest BCUT2D eigenvalue weighted by atomic mass is 19.1. The summed E-state index contributed by atoms with van der Waals surface area (Å²) in [6, 6.07) is 14.6. The summed E-state index contributed by atoms with van der Waals surface area (Å²) in [6.07, 6.45) is 1.39. The molecule has 0 saturated heterocycles. The Balaban J connectivity index is 1.51. The second-order valence-electron chi connectivity index (χ2n) is 7.25. The molecule has 0 bridgehead atoms. The van der Waals surface area contributed by atoms with Gasteiger partial charge in [0, 0.05) is 5.56 Å². The maximum atomic E-state index is 13.1. The van der Waals surface area contributed by atoms with Gasteiger partial charge >= 0.3 is 0 Å². The van der Waals surface area contributed by atoms with E-state index >= 15 is 0 Å². The molecule has 0 aliphatic rings. The average Bonchev–Trinajstić information content (AvgIpc) is 3.22. The molecule has 32 heavy (non-hydrogen) atoms. The number of fused-ring (bicyclic) bond motifs is 1. The summed E-state index contributed by atoms with van der Waals surface area (Å²) in [6.45, 7) is 4.03. The van der Waals surface area contributed by atoms with Crippen LogP contribution in [-0.2, 0) is 11.3 Å². The lowest BCUT2D eigenvalue weighted by Crippen LogP contribution is -2.35. The van der Waals surface area contributed by atoms with Gasteiger partial charge < -0.3 is 10.1 Å². The average molecular weight is 435 g/mol. The van der Waals surface area contributed by atoms with Crippen molar-refractivity contribution in [3.05, 3.63) is 82.7 Å². The number of aromatic nitrogens is 4. The lowest BCUT2D eigenvalue weighted by molar-refractivity contribution is -0.122. The van der Waals surface area contributed by atoms with Gasteiger partial charge in [0.05, 0.1) is 18.3 Å². The molecule has 1 amide bonds. The first-order valence-corrected chi connectivity index (χ1v) is 10.2. The van der Waals surface area contributed by atoms with Crippen molar-refractivity contribution in [2.24, 2.45) is 0 Å². The molecule has 2 heterocycles.